The molecule has 1 aromatic heterocycles. The quantitative estimate of drug-likeness (QED) is 0.634. The zero-order valence-electron chi connectivity index (χ0n) is 15.3. The summed E-state index contributed by atoms with van der Waals surface area (Å²) in [5.74, 6) is -0.356. The summed E-state index contributed by atoms with van der Waals surface area (Å²) < 4.78 is 0.892. The molecule has 0 saturated heterocycles. The third-order valence-corrected chi connectivity index (χ3v) is 4.66. The Kier molecular flexibility index (Phi) is 6.53. The van der Waals surface area contributed by atoms with Crippen molar-refractivity contribution in [3.05, 3.63) is 58.3 Å². The van der Waals surface area contributed by atoms with Crippen molar-refractivity contribution in [3.8, 4) is 0 Å². The summed E-state index contributed by atoms with van der Waals surface area (Å²) in [6.45, 7) is 1.85. The van der Waals surface area contributed by atoms with Crippen LogP contribution in [0.3, 0.4) is 0 Å². The normalized spacial score (nSPS) is 18.6. The van der Waals surface area contributed by atoms with Gasteiger partial charge in [0.1, 0.15) is 11.9 Å². The van der Waals surface area contributed by atoms with Crippen molar-refractivity contribution < 1.29 is 15.0 Å². The number of anilines is 1. The van der Waals surface area contributed by atoms with Crippen molar-refractivity contribution >= 4 is 39.1 Å². The van der Waals surface area contributed by atoms with E-state index in [2.05, 4.69) is 31.2 Å². The topological polar surface area (TPSA) is 107 Å². The van der Waals surface area contributed by atoms with E-state index in [0.29, 0.717) is 17.2 Å². The van der Waals surface area contributed by atoms with Gasteiger partial charge < -0.3 is 15.5 Å². The van der Waals surface area contributed by atoms with Crippen LogP contribution < -0.4 is 5.32 Å². The highest BCUT2D eigenvalue weighted by molar-refractivity contribution is 9.10. The van der Waals surface area contributed by atoms with Crippen LogP contribution in [0.4, 0.5) is 5.69 Å². The van der Waals surface area contributed by atoms with Crippen LogP contribution in [0, 0.1) is 0 Å². The van der Waals surface area contributed by atoms with E-state index < -0.39 is 18.1 Å². The van der Waals surface area contributed by atoms with Gasteiger partial charge in [0.2, 0.25) is 0 Å². The monoisotopic (exact) mass is 444 g/mol. The van der Waals surface area contributed by atoms with Crippen LogP contribution >= 0.6 is 15.9 Å². The van der Waals surface area contributed by atoms with E-state index in [-0.39, 0.29) is 19.4 Å². The maximum atomic E-state index is 11.1. The van der Waals surface area contributed by atoms with Gasteiger partial charge in [-0.3, -0.25) is 19.8 Å². The van der Waals surface area contributed by atoms with Gasteiger partial charge in [-0.15, -0.1) is 0 Å². The third-order valence-electron chi connectivity index (χ3n) is 4.17. The number of nitrogens with zero attached hydrogens (tertiary/aromatic N) is 3. The van der Waals surface area contributed by atoms with E-state index in [9.17, 15) is 9.90 Å². The molecule has 1 aliphatic heterocycles. The van der Waals surface area contributed by atoms with Crippen LogP contribution in [-0.4, -0.2) is 51.4 Å². The predicted octanol–water partition coefficient (Wildman–Crippen LogP) is 3.12. The zero-order valence-corrected chi connectivity index (χ0v) is 16.9. The number of aliphatic hydroxyl groups excluding tert-OH is 1. The fraction of sp³-hybridized carbons (Fsp3) is 0.300. The number of carboxylic acid groups (broad SMARTS) is 1. The number of hydrogen-bond acceptors (Lipinski definition) is 5. The molecule has 8 heteroatoms. The minimum absolute atomic E-state index is 0.0426. The number of halogens is 1. The number of pyridine rings is 1. The van der Waals surface area contributed by atoms with Crippen molar-refractivity contribution in [1.82, 2.24) is 4.98 Å². The number of aliphatic hydroxyl groups is 1. The summed E-state index contributed by atoms with van der Waals surface area (Å²) in [7, 11) is 0. The van der Waals surface area contributed by atoms with E-state index in [1.807, 2.05) is 36.4 Å². The number of benzene rings is 1. The highest BCUT2D eigenvalue weighted by atomic mass is 79.9. The summed E-state index contributed by atoms with van der Waals surface area (Å²) >= 11 is 3.50. The summed E-state index contributed by atoms with van der Waals surface area (Å²) in [4.78, 5) is 24.9. The van der Waals surface area contributed by atoms with Crippen LogP contribution in [0.15, 0.2) is 57.1 Å². The van der Waals surface area contributed by atoms with E-state index in [1.54, 1.807) is 13.1 Å². The molecule has 0 amide bonds. The molecule has 28 heavy (non-hydrogen) atoms. The lowest BCUT2D eigenvalue weighted by atomic mass is 10.0. The maximum absolute atomic E-state index is 11.1. The summed E-state index contributed by atoms with van der Waals surface area (Å²) in [6, 6.07) is 10.9. The van der Waals surface area contributed by atoms with Crippen molar-refractivity contribution in [1.29, 1.82) is 0 Å². The molecule has 146 valence electrons. The Labute approximate surface area is 171 Å². The second-order valence-corrected chi connectivity index (χ2v) is 7.45. The van der Waals surface area contributed by atoms with Crippen LogP contribution in [0.25, 0.3) is 0 Å². The number of carbonyl (C=O) groups is 1. The number of fused-ring (bicyclic) bond motifs is 1. The fourth-order valence-electron chi connectivity index (χ4n) is 2.87. The molecular weight excluding hydrogens is 424 g/mol. The Balaban J connectivity index is 2.13. The lowest BCUT2D eigenvalue weighted by Crippen LogP contribution is -2.28. The van der Waals surface area contributed by atoms with E-state index in [1.165, 1.54) is 0 Å². The second kappa shape index (κ2) is 9.07. The summed E-state index contributed by atoms with van der Waals surface area (Å²) in [5, 5.41) is 22.1. The van der Waals surface area contributed by atoms with Crippen molar-refractivity contribution in [2.45, 2.75) is 31.9 Å². The molecule has 2 heterocycles. The molecule has 7 nitrogen and oxygen atoms in total. The molecule has 0 unspecified atom stereocenters. The molecule has 0 radical (unpaired) electrons. The van der Waals surface area contributed by atoms with Gasteiger partial charge in [0.15, 0.2) is 0 Å². The van der Waals surface area contributed by atoms with Gasteiger partial charge in [-0.25, -0.2) is 0 Å². The first-order valence-electron chi connectivity index (χ1n) is 8.94. The van der Waals surface area contributed by atoms with Crippen molar-refractivity contribution in [3.63, 3.8) is 0 Å². The zero-order chi connectivity index (χ0) is 20.1. The molecule has 1 aromatic carbocycles. The highest BCUT2D eigenvalue weighted by Gasteiger charge is 2.25. The number of aliphatic imine (C=N–C) groups is 2. The van der Waals surface area contributed by atoms with Crippen LogP contribution in [0.2, 0.25) is 0 Å². The van der Waals surface area contributed by atoms with Gasteiger partial charge in [-0.2, -0.15) is 0 Å². The Morgan fingerprint density at radius 2 is 2.18 bits per heavy atom. The first-order chi connectivity index (χ1) is 13.4. The van der Waals surface area contributed by atoms with Crippen LogP contribution in [-0.2, 0) is 4.79 Å². The fourth-order valence-corrected chi connectivity index (χ4v) is 3.23. The van der Waals surface area contributed by atoms with Gasteiger partial charge in [-0.05, 0) is 43.7 Å². The lowest BCUT2D eigenvalue weighted by Gasteiger charge is -2.15. The van der Waals surface area contributed by atoms with Crippen LogP contribution in [0.1, 0.15) is 31.0 Å². The number of hydrogen-bond donors (Lipinski definition) is 3. The number of nitrogens with one attached hydrogen (secondary N) is 1. The van der Waals surface area contributed by atoms with Gasteiger partial charge in [0.05, 0.1) is 24.1 Å². The molecule has 0 fully saturated rings. The van der Waals surface area contributed by atoms with Crippen LogP contribution in [0.5, 0.6) is 0 Å². The minimum atomic E-state index is -0.894. The Morgan fingerprint density at radius 3 is 2.86 bits per heavy atom. The SMILES string of the molecule is C[C@H](O)CN=C1Nc2ccc(Br)cc2C(c2ccccn2)=N[C@H]1CCC(=O)O. The van der Waals surface area contributed by atoms with Gasteiger partial charge in [0, 0.05) is 28.3 Å². The molecule has 0 saturated carbocycles. The van der Waals surface area contributed by atoms with Crippen molar-refractivity contribution in [2.24, 2.45) is 9.98 Å². The van der Waals surface area contributed by atoms with E-state index in [0.717, 1.165) is 15.7 Å². The number of aromatic nitrogens is 1. The number of rotatable bonds is 6. The molecular formula is C20H21BrN4O3. The molecule has 0 spiro atoms. The molecule has 0 bridgehead atoms. The molecule has 3 rings (SSSR count). The Hall–Kier alpha value is -2.58. The number of aliphatic carboxylic acids is 1. The summed E-state index contributed by atoms with van der Waals surface area (Å²) in [5.41, 5.74) is 3.01. The molecule has 3 N–H and O–H groups in total. The Bertz CT molecular complexity index is 913. The van der Waals surface area contributed by atoms with E-state index in [4.69, 9.17) is 10.1 Å². The standard InChI is InChI=1S/C20H21BrN4O3/c1-12(26)11-23-20-17(7-8-18(27)28)24-19(16-4-2-3-9-22-16)14-10-13(21)5-6-15(14)25-20/h2-6,9-10,12,17,26H,7-8,11H2,1H3,(H,23,25)(H,27,28)/t12-,17-/m0/s1. The molecule has 2 aromatic rings. The van der Waals surface area contributed by atoms with E-state index >= 15 is 0 Å². The van der Waals surface area contributed by atoms with Crippen molar-refractivity contribution in [2.75, 3.05) is 11.9 Å². The average Bonchev–Trinajstić information content (AvgIpc) is 2.82. The average molecular weight is 445 g/mol. The number of benzodiazepines with no additional fused rings is 1. The van der Waals surface area contributed by atoms with Gasteiger partial charge in [0.25, 0.3) is 0 Å². The largest absolute Gasteiger partial charge is 0.481 e. The first-order valence-corrected chi connectivity index (χ1v) is 9.73. The number of amidine groups is 1. The third kappa shape index (κ3) is 5.02. The highest BCUT2D eigenvalue weighted by Crippen LogP contribution is 2.28. The smallest absolute Gasteiger partial charge is 0.303 e. The lowest BCUT2D eigenvalue weighted by molar-refractivity contribution is -0.137. The first kappa shape index (κ1) is 20.2. The summed E-state index contributed by atoms with van der Waals surface area (Å²) in [6.07, 6.45) is 1.33. The number of carboxylic acids is 1. The second-order valence-electron chi connectivity index (χ2n) is 6.53. The molecule has 1 aliphatic rings. The molecule has 0 aliphatic carbocycles. The molecule has 2 atom stereocenters. The minimum Gasteiger partial charge on any atom is -0.481 e. The predicted molar refractivity (Wildman–Crippen MR) is 112 cm³/mol. The van der Waals surface area contributed by atoms with Gasteiger partial charge in [-0.1, -0.05) is 22.0 Å². The van der Waals surface area contributed by atoms with Gasteiger partial charge >= 0.3 is 5.97 Å². The Morgan fingerprint density at radius 1 is 1.36 bits per heavy atom. The maximum Gasteiger partial charge on any atom is 0.303 e.